The molecule has 0 aromatic carbocycles. The molecule has 84 valence electrons. The van der Waals surface area contributed by atoms with Gasteiger partial charge in [-0.15, -0.1) is 11.3 Å². The van der Waals surface area contributed by atoms with Gasteiger partial charge in [0.05, 0.1) is 5.69 Å². The predicted molar refractivity (Wildman–Crippen MR) is 65.8 cm³/mol. The van der Waals surface area contributed by atoms with Gasteiger partial charge in [-0.25, -0.2) is 0 Å². The molecular formula is C9H12N6S. The molecule has 0 saturated heterocycles. The van der Waals surface area contributed by atoms with E-state index in [1.165, 1.54) is 4.88 Å². The van der Waals surface area contributed by atoms with E-state index in [0.29, 0.717) is 5.95 Å². The Balaban J connectivity index is 2.37. The fourth-order valence-electron chi connectivity index (χ4n) is 1.27. The molecule has 0 aliphatic rings. The molecule has 2 rings (SSSR count). The second-order valence-corrected chi connectivity index (χ2v) is 4.44. The highest BCUT2D eigenvalue weighted by molar-refractivity contribution is 7.10. The van der Waals surface area contributed by atoms with E-state index >= 15 is 0 Å². The maximum absolute atomic E-state index is 5.51. The van der Waals surface area contributed by atoms with Gasteiger partial charge in [0.2, 0.25) is 17.8 Å². The summed E-state index contributed by atoms with van der Waals surface area (Å²) in [7, 11) is 1.86. The second kappa shape index (κ2) is 3.93. The van der Waals surface area contributed by atoms with Crippen LogP contribution < -0.4 is 16.4 Å². The van der Waals surface area contributed by atoms with Crippen LogP contribution in [0.5, 0.6) is 0 Å². The zero-order chi connectivity index (χ0) is 11.7. The Bertz CT molecular complexity index is 488. The number of hydrogen-bond donors (Lipinski definition) is 2. The number of thiophene rings is 1. The molecule has 2 aromatic rings. The molecule has 0 fully saturated rings. The van der Waals surface area contributed by atoms with E-state index in [0.717, 1.165) is 5.69 Å². The minimum atomic E-state index is 0.126. The number of nitrogens with zero attached hydrogens (tertiary/aromatic N) is 4. The number of anilines is 4. The Hall–Kier alpha value is -1.89. The molecule has 0 unspecified atom stereocenters. The molecule has 0 atom stereocenters. The molecule has 0 aliphatic carbocycles. The van der Waals surface area contributed by atoms with E-state index < -0.39 is 0 Å². The van der Waals surface area contributed by atoms with E-state index in [4.69, 9.17) is 11.5 Å². The van der Waals surface area contributed by atoms with Gasteiger partial charge in [-0.3, -0.25) is 0 Å². The van der Waals surface area contributed by atoms with E-state index in [2.05, 4.69) is 15.0 Å². The smallest absolute Gasteiger partial charge is 0.236 e. The quantitative estimate of drug-likeness (QED) is 0.813. The van der Waals surface area contributed by atoms with Crippen LogP contribution in [-0.4, -0.2) is 22.0 Å². The summed E-state index contributed by atoms with van der Waals surface area (Å²) in [6.45, 7) is 2.04. The van der Waals surface area contributed by atoms with Gasteiger partial charge in [-0.1, -0.05) is 0 Å². The van der Waals surface area contributed by atoms with Crippen molar-refractivity contribution < 1.29 is 0 Å². The largest absolute Gasteiger partial charge is 0.368 e. The van der Waals surface area contributed by atoms with Crippen molar-refractivity contribution in [2.75, 3.05) is 23.4 Å². The van der Waals surface area contributed by atoms with Crippen LogP contribution in [0, 0.1) is 6.92 Å². The Morgan fingerprint density at radius 2 is 1.81 bits per heavy atom. The summed E-state index contributed by atoms with van der Waals surface area (Å²) in [6, 6.07) is 2.04. The molecule has 6 nitrogen and oxygen atoms in total. The van der Waals surface area contributed by atoms with E-state index in [-0.39, 0.29) is 11.9 Å². The Labute approximate surface area is 97.0 Å². The number of aryl methyl sites for hydroxylation is 1. The highest BCUT2D eigenvalue weighted by atomic mass is 32.1. The standard InChI is InChI=1S/C9H12N6S/c1-5-3-6(4-16-5)15(2)9-13-7(10)12-8(11)14-9/h3-4H,1-2H3,(H4,10,11,12,13,14). The van der Waals surface area contributed by atoms with E-state index in [1.54, 1.807) is 11.3 Å². The van der Waals surface area contributed by atoms with Gasteiger partial charge in [0, 0.05) is 17.3 Å². The van der Waals surface area contributed by atoms with Crippen molar-refractivity contribution in [1.82, 2.24) is 15.0 Å². The van der Waals surface area contributed by atoms with Crippen LogP contribution in [0.15, 0.2) is 11.4 Å². The first-order valence-electron chi connectivity index (χ1n) is 4.62. The number of nitrogen functional groups attached to an aromatic ring is 2. The molecule has 0 aliphatic heterocycles. The Kier molecular flexibility index (Phi) is 2.61. The van der Waals surface area contributed by atoms with Gasteiger partial charge in [-0.2, -0.15) is 15.0 Å². The summed E-state index contributed by atoms with van der Waals surface area (Å²) in [5.41, 5.74) is 12.0. The van der Waals surface area contributed by atoms with Crippen LogP contribution in [0.25, 0.3) is 0 Å². The van der Waals surface area contributed by atoms with E-state index in [1.807, 2.05) is 30.3 Å². The van der Waals surface area contributed by atoms with Gasteiger partial charge < -0.3 is 16.4 Å². The minimum absolute atomic E-state index is 0.126. The van der Waals surface area contributed by atoms with Gasteiger partial charge >= 0.3 is 0 Å². The molecule has 7 heteroatoms. The first-order valence-corrected chi connectivity index (χ1v) is 5.50. The molecule has 2 aromatic heterocycles. The second-order valence-electron chi connectivity index (χ2n) is 3.33. The first kappa shape index (κ1) is 10.6. The van der Waals surface area contributed by atoms with Crippen molar-refractivity contribution in [3.05, 3.63) is 16.3 Å². The summed E-state index contributed by atoms with van der Waals surface area (Å²) in [5.74, 6) is 0.699. The summed E-state index contributed by atoms with van der Waals surface area (Å²) in [4.78, 5) is 14.8. The Morgan fingerprint density at radius 1 is 1.19 bits per heavy atom. The average Bonchev–Trinajstić information content (AvgIpc) is 2.62. The first-order chi connectivity index (χ1) is 7.56. The van der Waals surface area contributed by atoms with Crippen molar-refractivity contribution >= 4 is 34.9 Å². The molecule has 0 amide bonds. The van der Waals surface area contributed by atoms with Crippen LogP contribution >= 0.6 is 11.3 Å². The topological polar surface area (TPSA) is 94.0 Å². The summed E-state index contributed by atoms with van der Waals surface area (Å²) in [6.07, 6.45) is 0. The maximum Gasteiger partial charge on any atom is 0.236 e. The van der Waals surface area contributed by atoms with Crippen LogP contribution in [0.1, 0.15) is 4.88 Å². The molecule has 0 radical (unpaired) electrons. The number of aromatic nitrogens is 3. The molecule has 4 N–H and O–H groups in total. The third-order valence-corrected chi connectivity index (χ3v) is 2.91. The summed E-state index contributed by atoms with van der Waals surface area (Å²) < 4.78 is 0. The lowest BCUT2D eigenvalue weighted by atomic mass is 10.4. The Morgan fingerprint density at radius 3 is 2.31 bits per heavy atom. The maximum atomic E-state index is 5.51. The predicted octanol–water partition coefficient (Wildman–Crippen LogP) is 1.17. The molecule has 0 bridgehead atoms. The highest BCUT2D eigenvalue weighted by Crippen LogP contribution is 2.26. The molecular weight excluding hydrogens is 224 g/mol. The monoisotopic (exact) mass is 236 g/mol. The number of hydrogen-bond acceptors (Lipinski definition) is 7. The lowest BCUT2D eigenvalue weighted by Crippen LogP contribution is -2.15. The molecule has 0 spiro atoms. The van der Waals surface area contributed by atoms with Gasteiger partial charge in [0.15, 0.2) is 0 Å². The lowest BCUT2D eigenvalue weighted by molar-refractivity contribution is 1.01. The fraction of sp³-hybridized carbons (Fsp3) is 0.222. The highest BCUT2D eigenvalue weighted by Gasteiger charge is 2.10. The third kappa shape index (κ3) is 2.03. The average molecular weight is 236 g/mol. The third-order valence-electron chi connectivity index (χ3n) is 2.06. The van der Waals surface area contributed by atoms with Crippen molar-refractivity contribution in [1.29, 1.82) is 0 Å². The number of rotatable bonds is 2. The SMILES string of the molecule is Cc1cc(N(C)c2nc(N)nc(N)n2)cs1. The summed E-state index contributed by atoms with van der Waals surface area (Å²) in [5, 5.41) is 2.02. The molecule has 16 heavy (non-hydrogen) atoms. The molecule has 0 saturated carbocycles. The van der Waals surface area contributed by atoms with Crippen molar-refractivity contribution in [2.45, 2.75) is 6.92 Å². The molecule has 2 heterocycles. The van der Waals surface area contributed by atoms with E-state index in [9.17, 15) is 0 Å². The summed E-state index contributed by atoms with van der Waals surface area (Å²) >= 11 is 1.66. The van der Waals surface area contributed by atoms with Crippen molar-refractivity contribution in [3.63, 3.8) is 0 Å². The van der Waals surface area contributed by atoms with Crippen LogP contribution in [0.3, 0.4) is 0 Å². The van der Waals surface area contributed by atoms with Crippen molar-refractivity contribution in [3.8, 4) is 0 Å². The minimum Gasteiger partial charge on any atom is -0.368 e. The normalized spacial score (nSPS) is 10.4. The zero-order valence-electron chi connectivity index (χ0n) is 9.01. The fourth-order valence-corrected chi connectivity index (χ4v) is 1.99. The van der Waals surface area contributed by atoms with Crippen molar-refractivity contribution in [2.24, 2.45) is 0 Å². The van der Waals surface area contributed by atoms with Gasteiger partial charge in [0.1, 0.15) is 0 Å². The number of nitrogens with two attached hydrogens (primary N) is 2. The van der Waals surface area contributed by atoms with Crippen LogP contribution in [0.4, 0.5) is 23.5 Å². The lowest BCUT2D eigenvalue weighted by Gasteiger charge is -2.15. The van der Waals surface area contributed by atoms with Crippen LogP contribution in [0.2, 0.25) is 0 Å². The van der Waals surface area contributed by atoms with Crippen LogP contribution in [-0.2, 0) is 0 Å². The van der Waals surface area contributed by atoms with Gasteiger partial charge in [0.25, 0.3) is 0 Å². The van der Waals surface area contributed by atoms with Gasteiger partial charge in [-0.05, 0) is 13.0 Å². The zero-order valence-corrected chi connectivity index (χ0v) is 9.82.